The van der Waals surface area contributed by atoms with Gasteiger partial charge < -0.3 is 9.64 Å². The lowest BCUT2D eigenvalue weighted by atomic mass is 10.1. The third kappa shape index (κ3) is 3.90. The van der Waals surface area contributed by atoms with Crippen molar-refractivity contribution in [3.05, 3.63) is 72.3 Å². The van der Waals surface area contributed by atoms with Crippen molar-refractivity contribution < 1.29 is 14.3 Å². The molecule has 1 atom stereocenters. The molecule has 3 aromatic rings. The summed E-state index contributed by atoms with van der Waals surface area (Å²) in [5, 5.41) is 2.30. The van der Waals surface area contributed by atoms with Gasteiger partial charge in [0.15, 0.2) is 6.61 Å². The van der Waals surface area contributed by atoms with Crippen molar-refractivity contribution in [1.29, 1.82) is 0 Å². The highest BCUT2D eigenvalue weighted by molar-refractivity contribution is 8.00. The highest BCUT2D eigenvalue weighted by Gasteiger charge is 2.30. The van der Waals surface area contributed by atoms with Gasteiger partial charge in [-0.05, 0) is 47.9 Å². The number of benzene rings is 3. The summed E-state index contributed by atoms with van der Waals surface area (Å²) >= 11 is 1.42. The van der Waals surface area contributed by atoms with Crippen LogP contribution in [0.5, 0.6) is 0 Å². The minimum atomic E-state index is -0.383. The van der Waals surface area contributed by atoms with E-state index < -0.39 is 0 Å². The van der Waals surface area contributed by atoms with Crippen LogP contribution < -0.4 is 4.90 Å². The van der Waals surface area contributed by atoms with Gasteiger partial charge in [0.05, 0.1) is 5.75 Å². The van der Waals surface area contributed by atoms with Crippen LogP contribution in [0, 0.1) is 0 Å². The number of esters is 1. The monoisotopic (exact) mass is 391 g/mol. The van der Waals surface area contributed by atoms with Crippen molar-refractivity contribution in [3.63, 3.8) is 0 Å². The molecule has 4 rings (SSSR count). The number of hydrogen-bond acceptors (Lipinski definition) is 4. The van der Waals surface area contributed by atoms with Gasteiger partial charge in [-0.1, -0.05) is 48.5 Å². The van der Waals surface area contributed by atoms with Crippen LogP contribution in [0.3, 0.4) is 0 Å². The molecule has 0 radical (unpaired) electrons. The molecule has 0 saturated carbocycles. The molecule has 4 nitrogen and oxygen atoms in total. The molecule has 0 spiro atoms. The van der Waals surface area contributed by atoms with Crippen molar-refractivity contribution in [3.8, 4) is 0 Å². The van der Waals surface area contributed by atoms with Crippen LogP contribution in [0.25, 0.3) is 10.8 Å². The molecule has 142 valence electrons. The Bertz CT molecular complexity index is 1030. The SMILES string of the molecule is C[C@@H]1Cc2ccccc2N1C(=O)COC(=O)CSc1ccc2ccccc2c1. The Kier molecular flexibility index (Phi) is 5.35. The molecular formula is C23H21NO3S. The summed E-state index contributed by atoms with van der Waals surface area (Å²) < 4.78 is 5.24. The van der Waals surface area contributed by atoms with Crippen LogP contribution >= 0.6 is 11.8 Å². The van der Waals surface area contributed by atoms with Crippen molar-refractivity contribution >= 4 is 40.1 Å². The number of nitrogens with zero attached hydrogens (tertiary/aromatic N) is 1. The number of thioether (sulfide) groups is 1. The molecule has 1 heterocycles. The fraction of sp³-hybridized carbons (Fsp3) is 0.217. The standard InChI is InChI=1S/C23H21NO3S/c1-16-12-19-8-4-5-9-21(19)24(16)22(25)14-27-23(26)15-28-20-11-10-17-6-2-3-7-18(17)13-20/h2-11,13,16H,12,14-15H2,1H3/t16-/m1/s1. The molecule has 1 amide bonds. The lowest BCUT2D eigenvalue weighted by molar-refractivity contribution is -0.145. The molecule has 0 N–H and O–H groups in total. The molecule has 1 aliphatic rings. The zero-order valence-corrected chi connectivity index (χ0v) is 16.4. The van der Waals surface area contributed by atoms with E-state index in [0.717, 1.165) is 28.0 Å². The summed E-state index contributed by atoms with van der Waals surface area (Å²) in [6.45, 7) is 1.78. The van der Waals surface area contributed by atoms with Gasteiger partial charge in [-0.2, -0.15) is 0 Å². The second-order valence-electron chi connectivity index (χ2n) is 6.90. The smallest absolute Gasteiger partial charge is 0.316 e. The molecular weight excluding hydrogens is 370 g/mol. The van der Waals surface area contributed by atoms with Crippen molar-refractivity contribution in [2.75, 3.05) is 17.3 Å². The molecule has 0 aliphatic carbocycles. The Morgan fingerprint density at radius 2 is 1.79 bits per heavy atom. The second kappa shape index (κ2) is 8.07. The number of anilines is 1. The normalized spacial score (nSPS) is 15.5. The topological polar surface area (TPSA) is 46.6 Å². The summed E-state index contributed by atoms with van der Waals surface area (Å²) in [7, 11) is 0. The van der Waals surface area contributed by atoms with Crippen LogP contribution in [0.1, 0.15) is 12.5 Å². The van der Waals surface area contributed by atoms with E-state index in [1.807, 2.05) is 61.5 Å². The third-order valence-corrected chi connectivity index (χ3v) is 5.88. The second-order valence-corrected chi connectivity index (χ2v) is 7.95. The van der Waals surface area contributed by atoms with E-state index in [0.29, 0.717) is 0 Å². The highest BCUT2D eigenvalue weighted by Crippen LogP contribution is 2.31. The Labute approximate surface area is 168 Å². The van der Waals surface area contributed by atoms with E-state index in [2.05, 4.69) is 12.1 Å². The van der Waals surface area contributed by atoms with Gasteiger partial charge in [0.1, 0.15) is 0 Å². The van der Waals surface area contributed by atoms with Crippen LogP contribution in [0.2, 0.25) is 0 Å². The number of hydrogen-bond donors (Lipinski definition) is 0. The van der Waals surface area contributed by atoms with E-state index in [-0.39, 0.29) is 30.3 Å². The molecule has 0 saturated heterocycles. The van der Waals surface area contributed by atoms with E-state index in [1.54, 1.807) is 4.90 Å². The van der Waals surface area contributed by atoms with Gasteiger partial charge in [-0.15, -0.1) is 11.8 Å². The van der Waals surface area contributed by atoms with Gasteiger partial charge in [0.25, 0.3) is 5.91 Å². The molecule has 0 fully saturated rings. The molecule has 5 heteroatoms. The number of ether oxygens (including phenoxy) is 1. The Morgan fingerprint density at radius 1 is 1.04 bits per heavy atom. The van der Waals surface area contributed by atoms with Gasteiger partial charge >= 0.3 is 5.97 Å². The first-order valence-electron chi connectivity index (χ1n) is 9.29. The quantitative estimate of drug-likeness (QED) is 0.476. The zero-order valence-electron chi connectivity index (χ0n) is 15.6. The van der Waals surface area contributed by atoms with E-state index >= 15 is 0 Å². The number of carbonyl (C=O) groups is 2. The van der Waals surface area contributed by atoms with E-state index in [4.69, 9.17) is 4.74 Å². The predicted octanol–water partition coefficient (Wildman–Crippen LogP) is 4.45. The minimum absolute atomic E-state index is 0.0792. The van der Waals surface area contributed by atoms with Crippen LogP contribution in [0.4, 0.5) is 5.69 Å². The van der Waals surface area contributed by atoms with Crippen LogP contribution in [-0.4, -0.2) is 30.3 Å². The summed E-state index contributed by atoms with van der Waals surface area (Å²) in [5.41, 5.74) is 2.07. The summed E-state index contributed by atoms with van der Waals surface area (Å²) in [4.78, 5) is 27.4. The summed E-state index contributed by atoms with van der Waals surface area (Å²) in [6, 6.07) is 22.1. The Morgan fingerprint density at radius 3 is 2.64 bits per heavy atom. The lowest BCUT2D eigenvalue weighted by Crippen LogP contribution is -2.38. The predicted molar refractivity (Wildman–Crippen MR) is 113 cm³/mol. The molecule has 3 aromatic carbocycles. The van der Waals surface area contributed by atoms with Crippen molar-refractivity contribution in [2.24, 2.45) is 0 Å². The fourth-order valence-electron chi connectivity index (χ4n) is 3.60. The maximum Gasteiger partial charge on any atom is 0.316 e. The number of para-hydroxylation sites is 1. The molecule has 0 bridgehead atoms. The summed E-state index contributed by atoms with van der Waals surface area (Å²) in [6.07, 6.45) is 0.827. The van der Waals surface area contributed by atoms with Crippen molar-refractivity contribution in [1.82, 2.24) is 0 Å². The highest BCUT2D eigenvalue weighted by atomic mass is 32.2. The molecule has 0 aromatic heterocycles. The summed E-state index contributed by atoms with van der Waals surface area (Å²) in [5.74, 6) is -0.384. The van der Waals surface area contributed by atoms with E-state index in [9.17, 15) is 9.59 Å². The number of carbonyl (C=O) groups excluding carboxylic acids is 2. The zero-order chi connectivity index (χ0) is 19.5. The Balaban J connectivity index is 1.31. The third-order valence-electron chi connectivity index (χ3n) is 4.91. The van der Waals surface area contributed by atoms with Gasteiger partial charge in [0, 0.05) is 16.6 Å². The molecule has 0 unspecified atom stereocenters. The fourth-order valence-corrected chi connectivity index (χ4v) is 4.34. The molecule has 28 heavy (non-hydrogen) atoms. The molecule has 1 aliphatic heterocycles. The average Bonchev–Trinajstić information content (AvgIpc) is 3.06. The number of fused-ring (bicyclic) bond motifs is 2. The van der Waals surface area contributed by atoms with Crippen LogP contribution in [-0.2, 0) is 20.7 Å². The minimum Gasteiger partial charge on any atom is -0.455 e. The number of rotatable bonds is 5. The Hall–Kier alpha value is -2.79. The maximum atomic E-state index is 12.6. The van der Waals surface area contributed by atoms with Gasteiger partial charge in [0.2, 0.25) is 0 Å². The first-order chi connectivity index (χ1) is 13.6. The van der Waals surface area contributed by atoms with Gasteiger partial charge in [-0.3, -0.25) is 9.59 Å². The lowest BCUT2D eigenvalue weighted by Gasteiger charge is -2.22. The van der Waals surface area contributed by atoms with Gasteiger partial charge in [-0.25, -0.2) is 0 Å². The largest absolute Gasteiger partial charge is 0.455 e. The van der Waals surface area contributed by atoms with E-state index in [1.165, 1.54) is 17.1 Å². The number of amides is 1. The first kappa shape index (κ1) is 18.6. The van der Waals surface area contributed by atoms with Crippen LogP contribution in [0.15, 0.2) is 71.6 Å². The van der Waals surface area contributed by atoms with Crippen molar-refractivity contribution in [2.45, 2.75) is 24.3 Å². The maximum absolute atomic E-state index is 12.6. The average molecular weight is 391 g/mol. The first-order valence-corrected chi connectivity index (χ1v) is 10.3.